The monoisotopic (exact) mass is 445 g/mol. The molecule has 1 atom stereocenters. The minimum atomic E-state index is 0.0911. The fourth-order valence-corrected chi connectivity index (χ4v) is 4.14. The molecule has 32 heavy (non-hydrogen) atoms. The molecule has 1 N–H and O–H groups in total. The van der Waals surface area contributed by atoms with Crippen molar-refractivity contribution in [2.24, 2.45) is 0 Å². The largest absolute Gasteiger partial charge is 0.354 e. The molecule has 0 radical (unpaired) electrons. The Bertz CT molecular complexity index is 1170. The highest BCUT2D eigenvalue weighted by molar-refractivity contribution is 6.31. The summed E-state index contributed by atoms with van der Waals surface area (Å²) >= 11 is 6.26. The normalized spacial score (nSPS) is 12.1. The minimum Gasteiger partial charge on any atom is -0.354 e. The molecule has 0 fully saturated rings. The van der Waals surface area contributed by atoms with Gasteiger partial charge in [0.25, 0.3) is 0 Å². The summed E-state index contributed by atoms with van der Waals surface area (Å²) in [6.07, 6.45) is 3.10. The molecule has 4 rings (SSSR count). The molecule has 0 unspecified atom stereocenters. The molecule has 164 valence electrons. The number of carbonyl (C=O) groups excluding carboxylic acids is 1. The van der Waals surface area contributed by atoms with Crippen molar-refractivity contribution >= 4 is 28.4 Å². The molecular formula is C27H28ClN3O. The van der Waals surface area contributed by atoms with E-state index in [1.54, 1.807) is 0 Å². The number of aryl methyl sites for hydroxylation is 2. The molecule has 0 aliphatic carbocycles. The summed E-state index contributed by atoms with van der Waals surface area (Å²) in [5.74, 6) is 0.0911. The van der Waals surface area contributed by atoms with Crippen molar-refractivity contribution < 1.29 is 4.79 Å². The average molecular weight is 446 g/mol. The Morgan fingerprint density at radius 2 is 1.75 bits per heavy atom. The Labute approximate surface area is 194 Å². The van der Waals surface area contributed by atoms with E-state index in [4.69, 9.17) is 16.7 Å². The van der Waals surface area contributed by atoms with Gasteiger partial charge >= 0.3 is 0 Å². The first-order valence-electron chi connectivity index (χ1n) is 11.1. The molecular weight excluding hydrogens is 418 g/mol. The summed E-state index contributed by atoms with van der Waals surface area (Å²) in [6, 6.07) is 26.5. The number of hydrogen-bond acceptors (Lipinski definition) is 2. The van der Waals surface area contributed by atoms with Crippen molar-refractivity contribution in [3.8, 4) is 11.3 Å². The summed E-state index contributed by atoms with van der Waals surface area (Å²) in [5.41, 5.74) is 4.31. The first-order valence-corrected chi connectivity index (χ1v) is 11.5. The lowest BCUT2D eigenvalue weighted by Crippen LogP contribution is -2.32. The first kappa shape index (κ1) is 22.1. The van der Waals surface area contributed by atoms with Crippen molar-refractivity contribution in [2.75, 3.05) is 0 Å². The highest BCUT2D eigenvalue weighted by Gasteiger charge is 2.14. The third kappa shape index (κ3) is 5.57. The topological polar surface area (TPSA) is 46.9 Å². The fourth-order valence-electron chi connectivity index (χ4n) is 3.97. The van der Waals surface area contributed by atoms with Crippen LogP contribution in [0.4, 0.5) is 0 Å². The smallest absolute Gasteiger partial charge is 0.220 e. The Balaban J connectivity index is 1.34. The van der Waals surface area contributed by atoms with Gasteiger partial charge in [-0.25, -0.2) is 0 Å². The second-order valence-corrected chi connectivity index (χ2v) is 8.63. The van der Waals surface area contributed by atoms with E-state index >= 15 is 0 Å². The quantitative estimate of drug-likeness (QED) is 0.330. The molecule has 4 aromatic rings. The van der Waals surface area contributed by atoms with E-state index in [2.05, 4.69) is 48.6 Å². The molecule has 0 spiro atoms. The molecule has 1 amide bonds. The van der Waals surface area contributed by atoms with Crippen molar-refractivity contribution in [2.45, 2.75) is 45.2 Å². The second kappa shape index (κ2) is 10.5. The number of nitrogens with one attached hydrogen (secondary N) is 1. The van der Waals surface area contributed by atoms with E-state index in [1.165, 1.54) is 5.56 Å². The van der Waals surface area contributed by atoms with Crippen molar-refractivity contribution in [3.63, 3.8) is 0 Å². The maximum atomic E-state index is 12.4. The van der Waals surface area contributed by atoms with Gasteiger partial charge in [-0.1, -0.05) is 72.3 Å². The van der Waals surface area contributed by atoms with Crippen LogP contribution in [-0.4, -0.2) is 21.7 Å². The molecule has 0 saturated carbocycles. The van der Waals surface area contributed by atoms with Gasteiger partial charge in [0.1, 0.15) is 5.69 Å². The van der Waals surface area contributed by atoms with Gasteiger partial charge in [0.15, 0.2) is 0 Å². The maximum Gasteiger partial charge on any atom is 0.220 e. The predicted molar refractivity (Wildman–Crippen MR) is 132 cm³/mol. The number of carbonyl (C=O) groups is 1. The minimum absolute atomic E-state index is 0.0911. The molecule has 1 aromatic heterocycles. The van der Waals surface area contributed by atoms with E-state index in [-0.39, 0.29) is 11.9 Å². The molecule has 0 aliphatic rings. The van der Waals surface area contributed by atoms with Crippen LogP contribution in [0.15, 0.2) is 78.9 Å². The third-order valence-electron chi connectivity index (χ3n) is 5.65. The summed E-state index contributed by atoms with van der Waals surface area (Å²) in [4.78, 5) is 12.4. The average Bonchev–Trinajstić information content (AvgIpc) is 3.16. The van der Waals surface area contributed by atoms with Crippen LogP contribution in [0.2, 0.25) is 5.02 Å². The van der Waals surface area contributed by atoms with Crippen LogP contribution in [-0.2, 0) is 17.8 Å². The highest BCUT2D eigenvalue weighted by atomic mass is 35.5. The van der Waals surface area contributed by atoms with Crippen LogP contribution < -0.4 is 5.32 Å². The maximum absolute atomic E-state index is 12.4. The van der Waals surface area contributed by atoms with Crippen LogP contribution in [0.5, 0.6) is 0 Å². The van der Waals surface area contributed by atoms with Gasteiger partial charge in [0, 0.05) is 35.0 Å². The van der Waals surface area contributed by atoms with Crippen molar-refractivity contribution in [3.05, 3.63) is 89.4 Å². The zero-order valence-corrected chi connectivity index (χ0v) is 19.1. The molecule has 1 heterocycles. The molecule has 3 aromatic carbocycles. The van der Waals surface area contributed by atoms with Crippen LogP contribution in [0.25, 0.3) is 22.2 Å². The predicted octanol–water partition coefficient (Wildman–Crippen LogP) is 6.27. The van der Waals surface area contributed by atoms with E-state index < -0.39 is 0 Å². The van der Waals surface area contributed by atoms with Gasteiger partial charge in [0.2, 0.25) is 5.91 Å². The van der Waals surface area contributed by atoms with Gasteiger partial charge in [-0.15, -0.1) is 0 Å². The van der Waals surface area contributed by atoms with Gasteiger partial charge in [-0.3, -0.25) is 9.48 Å². The van der Waals surface area contributed by atoms with Gasteiger partial charge in [0.05, 0.1) is 5.52 Å². The van der Waals surface area contributed by atoms with Crippen molar-refractivity contribution in [1.82, 2.24) is 15.1 Å². The Morgan fingerprint density at radius 3 is 2.50 bits per heavy atom. The number of amides is 1. The number of rotatable bonds is 9. The van der Waals surface area contributed by atoms with Crippen LogP contribution >= 0.6 is 11.6 Å². The van der Waals surface area contributed by atoms with E-state index in [1.807, 2.05) is 47.1 Å². The Hall–Kier alpha value is -3.11. The molecule has 5 heteroatoms. The lowest BCUT2D eigenvalue weighted by atomic mass is 10.1. The standard InChI is InChI=1S/C27H28ClN3O/c1-20(14-15-21-9-4-2-5-10-21)29-26(32)13-8-18-31-25-17-16-23(28)19-24(25)27(30-31)22-11-6-3-7-12-22/h2-7,9-12,16-17,19-20H,8,13-15,18H2,1H3,(H,29,32)/t20-/m1/s1. The number of halogens is 1. The van der Waals surface area contributed by atoms with Gasteiger partial charge in [-0.05, 0) is 49.9 Å². The number of aromatic nitrogens is 2. The highest BCUT2D eigenvalue weighted by Crippen LogP contribution is 2.30. The SMILES string of the molecule is C[C@H](CCc1ccccc1)NC(=O)CCCn1nc(-c2ccccc2)c2cc(Cl)ccc21. The molecule has 0 bridgehead atoms. The first-order chi connectivity index (χ1) is 15.6. The molecule has 0 aliphatic heterocycles. The van der Waals surface area contributed by atoms with Crippen molar-refractivity contribution in [1.29, 1.82) is 0 Å². The van der Waals surface area contributed by atoms with Gasteiger partial charge in [-0.2, -0.15) is 5.10 Å². The summed E-state index contributed by atoms with van der Waals surface area (Å²) < 4.78 is 1.99. The number of fused-ring (bicyclic) bond motifs is 1. The third-order valence-corrected chi connectivity index (χ3v) is 5.88. The molecule has 0 saturated heterocycles. The lowest BCUT2D eigenvalue weighted by Gasteiger charge is -2.14. The summed E-state index contributed by atoms with van der Waals surface area (Å²) in [7, 11) is 0. The second-order valence-electron chi connectivity index (χ2n) is 8.20. The Kier molecular flexibility index (Phi) is 7.23. The molecule has 4 nitrogen and oxygen atoms in total. The number of benzene rings is 3. The zero-order chi connectivity index (χ0) is 22.3. The fraction of sp³-hybridized carbons (Fsp3) is 0.259. The lowest BCUT2D eigenvalue weighted by molar-refractivity contribution is -0.121. The number of hydrogen-bond donors (Lipinski definition) is 1. The van der Waals surface area contributed by atoms with E-state index in [9.17, 15) is 4.79 Å². The van der Waals surface area contributed by atoms with Crippen LogP contribution in [0, 0.1) is 0 Å². The summed E-state index contributed by atoms with van der Waals surface area (Å²) in [6.45, 7) is 2.74. The Morgan fingerprint density at radius 1 is 1.03 bits per heavy atom. The summed E-state index contributed by atoms with van der Waals surface area (Å²) in [5, 5.41) is 9.70. The van der Waals surface area contributed by atoms with Crippen LogP contribution in [0.3, 0.4) is 0 Å². The van der Waals surface area contributed by atoms with E-state index in [0.717, 1.165) is 41.4 Å². The number of nitrogens with zero attached hydrogens (tertiary/aromatic N) is 2. The zero-order valence-electron chi connectivity index (χ0n) is 18.3. The van der Waals surface area contributed by atoms with E-state index in [0.29, 0.717) is 18.0 Å². The van der Waals surface area contributed by atoms with Gasteiger partial charge < -0.3 is 5.32 Å². The van der Waals surface area contributed by atoms with Crippen LogP contribution in [0.1, 0.15) is 31.7 Å².